The van der Waals surface area contributed by atoms with Crippen LogP contribution in [-0.2, 0) is 9.59 Å². The number of anilines is 1. The first-order valence-corrected chi connectivity index (χ1v) is 10.7. The van der Waals surface area contributed by atoms with Crippen molar-refractivity contribution < 1.29 is 14.4 Å². The van der Waals surface area contributed by atoms with E-state index < -0.39 is 17.1 Å². The SMILES string of the molecule is Cc1cc(/C=C2/SC(=O)N(CC(=O)Nc3ccc(Cl)cc3)C2=O)cn1-c1ccccc1. The highest BCUT2D eigenvalue weighted by Crippen LogP contribution is 2.32. The summed E-state index contributed by atoms with van der Waals surface area (Å²) in [5.41, 5.74) is 3.35. The maximum absolute atomic E-state index is 12.7. The third-order valence-corrected chi connectivity index (χ3v) is 5.83. The first kappa shape index (κ1) is 21.0. The normalized spacial score (nSPS) is 15.0. The first-order valence-electron chi connectivity index (χ1n) is 9.46. The van der Waals surface area contributed by atoms with Gasteiger partial charge in [0, 0.05) is 28.3 Å². The second-order valence-electron chi connectivity index (χ2n) is 6.94. The molecule has 0 aliphatic carbocycles. The molecule has 1 aromatic heterocycles. The highest BCUT2D eigenvalue weighted by atomic mass is 35.5. The predicted molar refractivity (Wildman–Crippen MR) is 123 cm³/mol. The zero-order valence-electron chi connectivity index (χ0n) is 16.5. The smallest absolute Gasteiger partial charge is 0.294 e. The van der Waals surface area contributed by atoms with Crippen molar-refractivity contribution in [1.82, 2.24) is 9.47 Å². The van der Waals surface area contributed by atoms with Crippen LogP contribution in [0.3, 0.4) is 0 Å². The maximum Gasteiger partial charge on any atom is 0.294 e. The fourth-order valence-electron chi connectivity index (χ4n) is 3.21. The molecule has 1 fully saturated rings. The molecule has 0 saturated carbocycles. The number of thioether (sulfide) groups is 1. The van der Waals surface area contributed by atoms with Gasteiger partial charge in [0.05, 0.1) is 4.91 Å². The van der Waals surface area contributed by atoms with Gasteiger partial charge in [-0.1, -0.05) is 29.8 Å². The zero-order valence-corrected chi connectivity index (χ0v) is 18.1. The Morgan fingerprint density at radius 2 is 1.81 bits per heavy atom. The van der Waals surface area contributed by atoms with Crippen LogP contribution in [0.15, 0.2) is 71.8 Å². The number of carbonyl (C=O) groups is 3. The van der Waals surface area contributed by atoms with Crippen molar-refractivity contribution in [3.63, 3.8) is 0 Å². The lowest BCUT2D eigenvalue weighted by Crippen LogP contribution is -2.36. The van der Waals surface area contributed by atoms with Crippen molar-refractivity contribution in [2.24, 2.45) is 0 Å². The Labute approximate surface area is 188 Å². The summed E-state index contributed by atoms with van der Waals surface area (Å²) in [6, 6.07) is 18.3. The minimum Gasteiger partial charge on any atom is -0.325 e. The van der Waals surface area contributed by atoms with Crippen LogP contribution in [0, 0.1) is 6.92 Å². The molecule has 0 atom stereocenters. The number of nitrogens with one attached hydrogen (secondary N) is 1. The van der Waals surface area contributed by atoms with Crippen molar-refractivity contribution >= 4 is 52.2 Å². The summed E-state index contributed by atoms with van der Waals surface area (Å²) >= 11 is 6.66. The number of aromatic nitrogens is 1. The van der Waals surface area contributed by atoms with Gasteiger partial charge in [-0.2, -0.15) is 0 Å². The number of amides is 3. The van der Waals surface area contributed by atoms with Crippen molar-refractivity contribution in [2.75, 3.05) is 11.9 Å². The van der Waals surface area contributed by atoms with Gasteiger partial charge < -0.3 is 9.88 Å². The van der Waals surface area contributed by atoms with Crippen LogP contribution in [0.4, 0.5) is 10.5 Å². The maximum atomic E-state index is 12.7. The third-order valence-electron chi connectivity index (χ3n) is 4.67. The number of rotatable bonds is 5. The Morgan fingerprint density at radius 1 is 1.10 bits per heavy atom. The van der Waals surface area contributed by atoms with E-state index in [4.69, 9.17) is 11.6 Å². The monoisotopic (exact) mass is 451 g/mol. The van der Waals surface area contributed by atoms with Gasteiger partial charge in [-0.05, 0) is 72.8 Å². The molecule has 156 valence electrons. The summed E-state index contributed by atoms with van der Waals surface area (Å²) < 4.78 is 2.01. The van der Waals surface area contributed by atoms with Gasteiger partial charge in [0.25, 0.3) is 11.1 Å². The van der Waals surface area contributed by atoms with Crippen molar-refractivity contribution in [3.05, 3.63) is 88.0 Å². The van der Waals surface area contributed by atoms with E-state index in [2.05, 4.69) is 5.32 Å². The van der Waals surface area contributed by atoms with E-state index in [1.54, 1.807) is 30.3 Å². The highest BCUT2D eigenvalue weighted by Gasteiger charge is 2.36. The molecule has 8 heteroatoms. The number of hydrogen-bond acceptors (Lipinski definition) is 4. The summed E-state index contributed by atoms with van der Waals surface area (Å²) in [7, 11) is 0. The fraction of sp³-hybridized carbons (Fsp3) is 0.0870. The molecule has 0 spiro atoms. The van der Waals surface area contributed by atoms with E-state index in [-0.39, 0.29) is 11.4 Å². The topological polar surface area (TPSA) is 71.4 Å². The number of hydrogen-bond donors (Lipinski definition) is 1. The van der Waals surface area contributed by atoms with Crippen LogP contribution < -0.4 is 5.32 Å². The number of nitrogens with zero attached hydrogens (tertiary/aromatic N) is 2. The Hall–Kier alpha value is -3.29. The van der Waals surface area contributed by atoms with Gasteiger partial charge in [0.15, 0.2) is 0 Å². The van der Waals surface area contributed by atoms with Crippen LogP contribution in [-0.4, -0.2) is 33.1 Å². The predicted octanol–water partition coefficient (Wildman–Crippen LogP) is 5.11. The molecule has 1 aliphatic heterocycles. The van der Waals surface area contributed by atoms with Gasteiger partial charge >= 0.3 is 0 Å². The molecular formula is C23H18ClN3O3S. The summed E-state index contributed by atoms with van der Waals surface area (Å²) in [6.45, 7) is 1.62. The van der Waals surface area contributed by atoms with Gasteiger partial charge in [-0.3, -0.25) is 19.3 Å². The molecule has 1 N–H and O–H groups in total. The number of para-hydroxylation sites is 1. The summed E-state index contributed by atoms with van der Waals surface area (Å²) in [6.07, 6.45) is 3.58. The Bertz CT molecular complexity index is 1190. The molecule has 0 unspecified atom stereocenters. The van der Waals surface area contributed by atoms with Crippen molar-refractivity contribution in [3.8, 4) is 5.69 Å². The Kier molecular flexibility index (Phi) is 5.97. The minimum absolute atomic E-state index is 0.287. The van der Waals surface area contributed by atoms with Gasteiger partial charge in [-0.25, -0.2) is 0 Å². The number of halogens is 1. The average molecular weight is 452 g/mol. The molecule has 1 aliphatic rings. The summed E-state index contributed by atoms with van der Waals surface area (Å²) in [5, 5.41) is 2.73. The molecule has 6 nitrogen and oxygen atoms in total. The van der Waals surface area contributed by atoms with E-state index in [1.165, 1.54) is 0 Å². The molecule has 2 aromatic carbocycles. The molecule has 0 bridgehead atoms. The number of carbonyl (C=O) groups excluding carboxylic acids is 3. The molecule has 3 aromatic rings. The quantitative estimate of drug-likeness (QED) is 0.547. The van der Waals surface area contributed by atoms with Crippen molar-refractivity contribution in [2.45, 2.75) is 6.92 Å². The number of imide groups is 1. The number of aryl methyl sites for hydroxylation is 1. The van der Waals surface area contributed by atoms with E-state index >= 15 is 0 Å². The van der Waals surface area contributed by atoms with E-state index in [0.717, 1.165) is 33.6 Å². The van der Waals surface area contributed by atoms with Gasteiger partial charge in [0.1, 0.15) is 6.54 Å². The molecule has 2 heterocycles. The minimum atomic E-state index is -0.480. The van der Waals surface area contributed by atoms with Crippen LogP contribution >= 0.6 is 23.4 Å². The number of benzene rings is 2. The molecule has 0 radical (unpaired) electrons. The summed E-state index contributed by atoms with van der Waals surface area (Å²) in [4.78, 5) is 38.6. The van der Waals surface area contributed by atoms with E-state index in [0.29, 0.717) is 10.7 Å². The molecule has 4 rings (SSSR count). The van der Waals surface area contributed by atoms with Crippen LogP contribution in [0.2, 0.25) is 5.02 Å². The average Bonchev–Trinajstić information content (AvgIpc) is 3.24. The third kappa shape index (κ3) is 4.73. The Morgan fingerprint density at radius 3 is 2.52 bits per heavy atom. The molecule has 1 saturated heterocycles. The van der Waals surface area contributed by atoms with Crippen LogP contribution in [0.5, 0.6) is 0 Å². The second-order valence-corrected chi connectivity index (χ2v) is 8.37. The zero-order chi connectivity index (χ0) is 22.0. The van der Waals surface area contributed by atoms with Crippen LogP contribution in [0.25, 0.3) is 11.8 Å². The molecular weight excluding hydrogens is 434 g/mol. The standard InChI is InChI=1S/C23H18ClN3O3S/c1-15-11-16(13-26(15)19-5-3-2-4-6-19)12-20-22(29)27(23(30)31-20)14-21(28)25-18-9-7-17(24)8-10-18/h2-13H,14H2,1H3,(H,25,28)/b20-12+. The van der Waals surface area contributed by atoms with E-state index in [1.807, 2.05) is 54.1 Å². The lowest BCUT2D eigenvalue weighted by Gasteiger charge is -2.12. The largest absolute Gasteiger partial charge is 0.325 e. The molecule has 3 amide bonds. The van der Waals surface area contributed by atoms with Gasteiger partial charge in [0.2, 0.25) is 5.91 Å². The van der Waals surface area contributed by atoms with Crippen LogP contribution in [0.1, 0.15) is 11.3 Å². The van der Waals surface area contributed by atoms with E-state index in [9.17, 15) is 14.4 Å². The fourth-order valence-corrected chi connectivity index (χ4v) is 4.17. The van der Waals surface area contributed by atoms with Gasteiger partial charge in [-0.15, -0.1) is 0 Å². The first-order chi connectivity index (χ1) is 14.9. The van der Waals surface area contributed by atoms with Crippen molar-refractivity contribution in [1.29, 1.82) is 0 Å². The lowest BCUT2D eigenvalue weighted by molar-refractivity contribution is -0.127. The lowest BCUT2D eigenvalue weighted by atomic mass is 10.2. The summed E-state index contributed by atoms with van der Waals surface area (Å²) in [5.74, 6) is -0.941. The Balaban J connectivity index is 1.47. The second kappa shape index (κ2) is 8.83. The molecule has 31 heavy (non-hydrogen) atoms. The highest BCUT2D eigenvalue weighted by molar-refractivity contribution is 8.18.